The summed E-state index contributed by atoms with van der Waals surface area (Å²) >= 11 is 1.62. The van der Waals surface area contributed by atoms with Crippen LogP contribution in [-0.2, 0) is 9.53 Å². The molecule has 0 saturated carbocycles. The molecule has 0 spiro atoms. The quantitative estimate of drug-likeness (QED) is 0.786. The summed E-state index contributed by atoms with van der Waals surface area (Å²) in [5, 5.41) is -0.0363. The number of nitrogens with zero attached hydrogens (tertiary/aromatic N) is 1. The fourth-order valence-corrected chi connectivity index (χ4v) is 2.86. The van der Waals surface area contributed by atoms with Gasteiger partial charge in [0.2, 0.25) is 5.91 Å². The molecular weight excluding hydrogens is 246 g/mol. The van der Waals surface area contributed by atoms with Crippen LogP contribution in [0.25, 0.3) is 0 Å². The molecule has 1 atom stereocenters. The van der Waals surface area contributed by atoms with Crippen molar-refractivity contribution in [3.63, 3.8) is 0 Å². The summed E-state index contributed by atoms with van der Waals surface area (Å²) in [6, 6.07) is 8.30. The highest BCUT2D eigenvalue weighted by atomic mass is 32.2. The van der Waals surface area contributed by atoms with E-state index in [4.69, 9.17) is 4.74 Å². The molecule has 2 rings (SSSR count). The van der Waals surface area contributed by atoms with Crippen molar-refractivity contribution in [1.29, 1.82) is 0 Å². The van der Waals surface area contributed by atoms with Gasteiger partial charge in [-0.2, -0.15) is 0 Å². The van der Waals surface area contributed by atoms with Crippen molar-refractivity contribution in [2.75, 3.05) is 26.3 Å². The smallest absolute Gasteiger partial charge is 0.235 e. The van der Waals surface area contributed by atoms with Gasteiger partial charge in [-0.05, 0) is 26.0 Å². The molecule has 1 amide bonds. The third kappa shape index (κ3) is 3.50. The van der Waals surface area contributed by atoms with E-state index in [1.54, 1.807) is 11.8 Å². The van der Waals surface area contributed by atoms with Crippen LogP contribution in [0.5, 0.6) is 0 Å². The highest BCUT2D eigenvalue weighted by molar-refractivity contribution is 8.00. The van der Waals surface area contributed by atoms with Gasteiger partial charge in [0.15, 0.2) is 0 Å². The minimum absolute atomic E-state index is 0.0363. The third-order valence-electron chi connectivity index (χ3n) is 3.00. The molecule has 1 aliphatic rings. The van der Waals surface area contributed by atoms with Crippen LogP contribution in [0, 0.1) is 6.92 Å². The van der Waals surface area contributed by atoms with E-state index in [0.29, 0.717) is 13.2 Å². The molecule has 1 heterocycles. The molecule has 18 heavy (non-hydrogen) atoms. The Morgan fingerprint density at radius 1 is 1.28 bits per heavy atom. The lowest BCUT2D eigenvalue weighted by atomic mass is 10.2. The summed E-state index contributed by atoms with van der Waals surface area (Å²) < 4.78 is 5.26. The molecule has 1 aromatic rings. The molecular formula is C14H19NO2S. The zero-order valence-electron chi connectivity index (χ0n) is 10.9. The Morgan fingerprint density at radius 2 is 1.89 bits per heavy atom. The van der Waals surface area contributed by atoms with E-state index in [0.717, 1.165) is 18.0 Å². The standard InChI is InChI=1S/C14H19NO2S/c1-11-3-5-13(6-4-11)18-12(2)14(16)15-7-9-17-10-8-15/h3-6,12H,7-10H2,1-2H3. The minimum atomic E-state index is -0.0363. The Kier molecular flexibility index (Phi) is 4.66. The number of rotatable bonds is 3. The maximum Gasteiger partial charge on any atom is 0.235 e. The van der Waals surface area contributed by atoms with Crippen molar-refractivity contribution in [2.24, 2.45) is 0 Å². The first-order valence-electron chi connectivity index (χ1n) is 6.26. The normalized spacial score (nSPS) is 17.6. The summed E-state index contributed by atoms with van der Waals surface area (Å²) in [6.45, 7) is 6.80. The lowest BCUT2D eigenvalue weighted by molar-refractivity contribution is -0.134. The van der Waals surface area contributed by atoms with E-state index in [1.807, 2.05) is 11.8 Å². The number of aryl methyl sites for hydroxylation is 1. The maximum absolute atomic E-state index is 12.2. The molecule has 0 radical (unpaired) electrons. The van der Waals surface area contributed by atoms with Crippen LogP contribution in [-0.4, -0.2) is 42.4 Å². The van der Waals surface area contributed by atoms with Crippen LogP contribution in [0.1, 0.15) is 12.5 Å². The minimum Gasteiger partial charge on any atom is -0.378 e. The molecule has 1 unspecified atom stereocenters. The predicted molar refractivity (Wildman–Crippen MR) is 73.9 cm³/mol. The van der Waals surface area contributed by atoms with Crippen molar-refractivity contribution < 1.29 is 9.53 Å². The molecule has 4 heteroatoms. The van der Waals surface area contributed by atoms with Gasteiger partial charge in [-0.3, -0.25) is 4.79 Å². The molecule has 0 bridgehead atoms. The Labute approximate surface area is 113 Å². The monoisotopic (exact) mass is 265 g/mol. The largest absolute Gasteiger partial charge is 0.378 e. The third-order valence-corrected chi connectivity index (χ3v) is 4.10. The van der Waals surface area contributed by atoms with E-state index in [-0.39, 0.29) is 11.2 Å². The average molecular weight is 265 g/mol. The fraction of sp³-hybridized carbons (Fsp3) is 0.500. The average Bonchev–Trinajstić information content (AvgIpc) is 2.41. The molecule has 1 aliphatic heterocycles. The zero-order chi connectivity index (χ0) is 13.0. The van der Waals surface area contributed by atoms with E-state index in [9.17, 15) is 4.79 Å². The SMILES string of the molecule is Cc1ccc(SC(C)C(=O)N2CCOCC2)cc1. The van der Waals surface area contributed by atoms with Gasteiger partial charge in [-0.15, -0.1) is 11.8 Å². The van der Waals surface area contributed by atoms with Gasteiger partial charge in [-0.25, -0.2) is 0 Å². The predicted octanol–water partition coefficient (Wildman–Crippen LogP) is 2.33. The van der Waals surface area contributed by atoms with Crippen LogP contribution in [0.2, 0.25) is 0 Å². The Morgan fingerprint density at radius 3 is 2.50 bits per heavy atom. The van der Waals surface area contributed by atoms with Gasteiger partial charge in [-0.1, -0.05) is 17.7 Å². The second-order valence-corrected chi connectivity index (χ2v) is 5.93. The van der Waals surface area contributed by atoms with Crippen molar-refractivity contribution in [1.82, 2.24) is 4.90 Å². The molecule has 98 valence electrons. The number of carbonyl (C=O) groups excluding carboxylic acids is 1. The number of thioether (sulfide) groups is 1. The Balaban J connectivity index is 1.92. The number of benzene rings is 1. The molecule has 1 aromatic carbocycles. The molecule has 0 aromatic heterocycles. The molecule has 3 nitrogen and oxygen atoms in total. The first-order valence-corrected chi connectivity index (χ1v) is 7.14. The highest BCUT2D eigenvalue weighted by Crippen LogP contribution is 2.24. The molecule has 0 N–H and O–H groups in total. The summed E-state index contributed by atoms with van der Waals surface area (Å²) in [5.41, 5.74) is 1.24. The van der Waals surface area contributed by atoms with Crippen LogP contribution in [0.15, 0.2) is 29.2 Å². The lowest BCUT2D eigenvalue weighted by Gasteiger charge is -2.29. The fourth-order valence-electron chi connectivity index (χ4n) is 1.91. The number of amides is 1. The van der Waals surface area contributed by atoms with E-state index < -0.39 is 0 Å². The van der Waals surface area contributed by atoms with Crippen LogP contribution in [0.3, 0.4) is 0 Å². The Hall–Kier alpha value is -1.00. The van der Waals surface area contributed by atoms with Crippen molar-refractivity contribution in [3.8, 4) is 0 Å². The van der Waals surface area contributed by atoms with Crippen molar-refractivity contribution in [3.05, 3.63) is 29.8 Å². The second-order valence-electron chi connectivity index (χ2n) is 4.51. The van der Waals surface area contributed by atoms with Crippen LogP contribution < -0.4 is 0 Å². The number of hydrogen-bond acceptors (Lipinski definition) is 3. The summed E-state index contributed by atoms with van der Waals surface area (Å²) in [5.74, 6) is 0.212. The van der Waals surface area contributed by atoms with Crippen LogP contribution in [0.4, 0.5) is 0 Å². The number of hydrogen-bond donors (Lipinski definition) is 0. The van der Waals surface area contributed by atoms with Crippen LogP contribution >= 0.6 is 11.8 Å². The molecule has 0 aliphatic carbocycles. The van der Waals surface area contributed by atoms with E-state index in [1.165, 1.54) is 5.56 Å². The zero-order valence-corrected chi connectivity index (χ0v) is 11.7. The van der Waals surface area contributed by atoms with Gasteiger partial charge in [0.25, 0.3) is 0 Å². The van der Waals surface area contributed by atoms with Crippen molar-refractivity contribution >= 4 is 17.7 Å². The first-order chi connectivity index (χ1) is 8.66. The summed E-state index contributed by atoms with van der Waals surface area (Å²) in [6.07, 6.45) is 0. The molecule has 1 fully saturated rings. The van der Waals surface area contributed by atoms with Gasteiger partial charge in [0.05, 0.1) is 18.5 Å². The van der Waals surface area contributed by atoms with Gasteiger partial charge in [0, 0.05) is 18.0 Å². The lowest BCUT2D eigenvalue weighted by Crippen LogP contribution is -2.44. The number of ether oxygens (including phenoxy) is 1. The van der Waals surface area contributed by atoms with E-state index >= 15 is 0 Å². The number of carbonyl (C=O) groups is 1. The first kappa shape index (κ1) is 13.4. The summed E-state index contributed by atoms with van der Waals surface area (Å²) in [7, 11) is 0. The Bertz CT molecular complexity index is 399. The summed E-state index contributed by atoms with van der Waals surface area (Å²) in [4.78, 5) is 15.3. The topological polar surface area (TPSA) is 29.5 Å². The maximum atomic E-state index is 12.2. The highest BCUT2D eigenvalue weighted by Gasteiger charge is 2.22. The van der Waals surface area contributed by atoms with Gasteiger partial charge < -0.3 is 9.64 Å². The number of morpholine rings is 1. The molecule has 1 saturated heterocycles. The van der Waals surface area contributed by atoms with Gasteiger partial charge >= 0.3 is 0 Å². The van der Waals surface area contributed by atoms with Gasteiger partial charge in [0.1, 0.15) is 0 Å². The second kappa shape index (κ2) is 6.25. The van der Waals surface area contributed by atoms with Crippen molar-refractivity contribution in [2.45, 2.75) is 24.0 Å². The van der Waals surface area contributed by atoms with E-state index in [2.05, 4.69) is 31.2 Å².